The highest BCUT2D eigenvalue weighted by Crippen LogP contribution is 2.25. The minimum Gasteiger partial charge on any atom is -0.307 e. The minimum absolute atomic E-state index is 0.0755. The van der Waals surface area contributed by atoms with Crippen molar-refractivity contribution in [3.63, 3.8) is 0 Å². The standard InChI is InChI=1S/C24H19N3O4S/c28-23(25-22-17-9-11-18-10-7-8-16-21(18)22)26-24(29)27(19-12-3-1-4-13-19)32(30,31)20-14-5-2-6-15-20/h1-17H,(H2,25,26,28,29). The lowest BCUT2D eigenvalue weighted by molar-refractivity contribution is 0.238. The van der Waals surface area contributed by atoms with Crippen LogP contribution in [0.25, 0.3) is 10.8 Å². The third kappa shape index (κ3) is 4.30. The highest BCUT2D eigenvalue weighted by Gasteiger charge is 2.32. The van der Waals surface area contributed by atoms with E-state index in [-0.39, 0.29) is 10.6 Å². The van der Waals surface area contributed by atoms with E-state index < -0.39 is 22.1 Å². The number of hydrogen-bond acceptors (Lipinski definition) is 4. The summed E-state index contributed by atoms with van der Waals surface area (Å²) in [6, 6.07) is 26.3. The number of imide groups is 1. The Morgan fingerprint density at radius 2 is 1.28 bits per heavy atom. The van der Waals surface area contributed by atoms with Gasteiger partial charge < -0.3 is 5.32 Å². The summed E-state index contributed by atoms with van der Waals surface area (Å²) >= 11 is 0. The van der Waals surface area contributed by atoms with Crippen LogP contribution in [0.2, 0.25) is 0 Å². The van der Waals surface area contributed by atoms with Gasteiger partial charge in [0.15, 0.2) is 0 Å². The topological polar surface area (TPSA) is 95.6 Å². The molecule has 0 aliphatic rings. The van der Waals surface area contributed by atoms with Crippen molar-refractivity contribution in [2.75, 3.05) is 9.62 Å². The molecule has 2 N–H and O–H groups in total. The van der Waals surface area contributed by atoms with Gasteiger partial charge in [0.05, 0.1) is 16.3 Å². The van der Waals surface area contributed by atoms with E-state index in [1.807, 2.05) is 30.3 Å². The van der Waals surface area contributed by atoms with E-state index in [0.717, 1.165) is 10.8 Å². The molecule has 4 rings (SSSR count). The Morgan fingerprint density at radius 1 is 0.688 bits per heavy atom. The van der Waals surface area contributed by atoms with E-state index >= 15 is 0 Å². The molecule has 0 aliphatic heterocycles. The molecule has 0 spiro atoms. The summed E-state index contributed by atoms with van der Waals surface area (Å²) in [5.74, 6) is 0. The Morgan fingerprint density at radius 3 is 2.00 bits per heavy atom. The molecule has 0 saturated carbocycles. The number of fused-ring (bicyclic) bond motifs is 1. The van der Waals surface area contributed by atoms with Gasteiger partial charge in [0, 0.05) is 5.39 Å². The van der Waals surface area contributed by atoms with Gasteiger partial charge in [0.25, 0.3) is 10.0 Å². The average Bonchev–Trinajstić information content (AvgIpc) is 2.80. The summed E-state index contributed by atoms with van der Waals surface area (Å²) in [5, 5.41) is 6.44. The second kappa shape index (κ2) is 8.91. The number of carbonyl (C=O) groups excluding carboxylic acids is 2. The number of nitrogens with zero attached hydrogens (tertiary/aromatic N) is 1. The summed E-state index contributed by atoms with van der Waals surface area (Å²) in [6.07, 6.45) is 0. The molecule has 32 heavy (non-hydrogen) atoms. The Hall–Kier alpha value is -4.17. The molecular weight excluding hydrogens is 426 g/mol. The number of anilines is 2. The molecule has 0 aliphatic carbocycles. The minimum atomic E-state index is -4.27. The Balaban J connectivity index is 1.62. The van der Waals surface area contributed by atoms with Crippen LogP contribution in [0.1, 0.15) is 0 Å². The van der Waals surface area contributed by atoms with Gasteiger partial charge in [-0.25, -0.2) is 18.0 Å². The van der Waals surface area contributed by atoms with Crippen LogP contribution in [0.15, 0.2) is 108 Å². The first kappa shape index (κ1) is 21.1. The molecule has 0 bridgehead atoms. The molecule has 8 heteroatoms. The first-order valence-electron chi connectivity index (χ1n) is 9.72. The maximum atomic E-state index is 13.2. The van der Waals surface area contributed by atoms with Gasteiger partial charge in [0.2, 0.25) is 0 Å². The average molecular weight is 446 g/mol. The van der Waals surface area contributed by atoms with Crippen LogP contribution in [0.5, 0.6) is 0 Å². The Labute approximate surface area is 185 Å². The third-order valence-electron chi connectivity index (χ3n) is 4.71. The largest absolute Gasteiger partial charge is 0.344 e. The predicted octanol–water partition coefficient (Wildman–Crippen LogP) is 4.98. The Kier molecular flexibility index (Phi) is 5.87. The summed E-state index contributed by atoms with van der Waals surface area (Å²) in [6.45, 7) is 0. The molecule has 4 aromatic carbocycles. The van der Waals surface area contributed by atoms with Gasteiger partial charge in [-0.3, -0.25) is 5.32 Å². The quantitative estimate of drug-likeness (QED) is 0.463. The number of benzene rings is 4. The van der Waals surface area contributed by atoms with Crippen molar-refractivity contribution in [2.45, 2.75) is 4.90 Å². The smallest absolute Gasteiger partial charge is 0.307 e. The summed E-state index contributed by atoms with van der Waals surface area (Å²) in [5.41, 5.74) is 0.595. The zero-order valence-electron chi connectivity index (χ0n) is 16.8. The van der Waals surface area contributed by atoms with Crippen LogP contribution in [-0.2, 0) is 10.0 Å². The van der Waals surface area contributed by atoms with Crippen LogP contribution in [0, 0.1) is 0 Å². The fraction of sp³-hybridized carbons (Fsp3) is 0. The van der Waals surface area contributed by atoms with Crippen LogP contribution in [-0.4, -0.2) is 20.5 Å². The van der Waals surface area contributed by atoms with Gasteiger partial charge in [-0.15, -0.1) is 0 Å². The number of rotatable bonds is 4. The first-order valence-corrected chi connectivity index (χ1v) is 11.2. The van der Waals surface area contributed by atoms with Crippen LogP contribution < -0.4 is 14.9 Å². The molecule has 0 saturated heterocycles. The number of amides is 4. The van der Waals surface area contributed by atoms with Crippen molar-refractivity contribution in [2.24, 2.45) is 0 Å². The molecule has 4 amide bonds. The molecule has 4 aromatic rings. The predicted molar refractivity (Wildman–Crippen MR) is 124 cm³/mol. The van der Waals surface area contributed by atoms with E-state index in [1.54, 1.807) is 48.5 Å². The summed E-state index contributed by atoms with van der Waals surface area (Å²) in [4.78, 5) is 25.5. The molecule has 0 fully saturated rings. The maximum Gasteiger partial charge on any atom is 0.344 e. The molecule has 0 aromatic heterocycles. The molecule has 0 heterocycles. The lowest BCUT2D eigenvalue weighted by Crippen LogP contribution is -2.47. The molecule has 0 atom stereocenters. The van der Waals surface area contributed by atoms with Crippen LogP contribution >= 0.6 is 0 Å². The molecular formula is C24H19N3O4S. The number of urea groups is 2. The summed E-state index contributed by atoms with van der Waals surface area (Å²) < 4.78 is 27.0. The Bertz CT molecular complexity index is 1370. The number of carbonyl (C=O) groups is 2. The molecule has 7 nitrogen and oxygen atoms in total. The number of para-hydroxylation sites is 1. The zero-order valence-corrected chi connectivity index (χ0v) is 17.6. The van der Waals surface area contributed by atoms with Gasteiger partial charge in [-0.1, -0.05) is 72.8 Å². The van der Waals surface area contributed by atoms with Gasteiger partial charge in [-0.05, 0) is 35.7 Å². The fourth-order valence-corrected chi connectivity index (χ4v) is 4.64. The molecule has 0 radical (unpaired) electrons. The van der Waals surface area contributed by atoms with Crippen LogP contribution in [0.3, 0.4) is 0 Å². The summed E-state index contributed by atoms with van der Waals surface area (Å²) in [7, 11) is -4.27. The van der Waals surface area contributed by atoms with Crippen molar-refractivity contribution in [1.29, 1.82) is 0 Å². The van der Waals surface area contributed by atoms with Crippen molar-refractivity contribution in [1.82, 2.24) is 5.32 Å². The number of hydrogen-bond donors (Lipinski definition) is 2. The van der Waals surface area contributed by atoms with Gasteiger partial charge >= 0.3 is 12.1 Å². The van der Waals surface area contributed by atoms with Crippen molar-refractivity contribution >= 4 is 44.2 Å². The van der Waals surface area contributed by atoms with Crippen molar-refractivity contribution in [3.05, 3.63) is 103 Å². The van der Waals surface area contributed by atoms with E-state index in [9.17, 15) is 18.0 Å². The SMILES string of the molecule is O=C(NC(=O)N(c1ccccc1)S(=O)(=O)c1ccccc1)Nc1cccc2ccccc12. The molecule has 0 unspecified atom stereocenters. The second-order valence-corrected chi connectivity index (χ2v) is 8.62. The van der Waals surface area contributed by atoms with Crippen LogP contribution in [0.4, 0.5) is 21.0 Å². The lowest BCUT2D eigenvalue weighted by atomic mass is 10.1. The highest BCUT2D eigenvalue weighted by molar-refractivity contribution is 7.93. The zero-order chi connectivity index (χ0) is 22.6. The maximum absolute atomic E-state index is 13.2. The normalized spacial score (nSPS) is 11.0. The van der Waals surface area contributed by atoms with Crippen molar-refractivity contribution in [3.8, 4) is 0 Å². The number of nitrogens with one attached hydrogen (secondary N) is 2. The lowest BCUT2D eigenvalue weighted by Gasteiger charge is -2.22. The third-order valence-corrected chi connectivity index (χ3v) is 6.44. The monoisotopic (exact) mass is 445 g/mol. The second-order valence-electron chi connectivity index (χ2n) is 6.83. The van der Waals surface area contributed by atoms with E-state index in [0.29, 0.717) is 9.99 Å². The van der Waals surface area contributed by atoms with E-state index in [4.69, 9.17) is 0 Å². The van der Waals surface area contributed by atoms with Crippen molar-refractivity contribution < 1.29 is 18.0 Å². The fourth-order valence-electron chi connectivity index (χ4n) is 3.26. The van der Waals surface area contributed by atoms with Gasteiger partial charge in [0.1, 0.15) is 0 Å². The molecule has 160 valence electrons. The number of sulfonamides is 1. The first-order chi connectivity index (χ1) is 15.5. The van der Waals surface area contributed by atoms with E-state index in [1.165, 1.54) is 24.3 Å². The van der Waals surface area contributed by atoms with E-state index in [2.05, 4.69) is 10.6 Å². The van der Waals surface area contributed by atoms with Gasteiger partial charge in [-0.2, -0.15) is 4.31 Å². The highest BCUT2D eigenvalue weighted by atomic mass is 32.2.